The molecule has 11 nitrogen and oxygen atoms in total. The van der Waals surface area contributed by atoms with Crippen molar-refractivity contribution in [2.45, 2.75) is 48.0 Å². The number of hydrogen-bond acceptors (Lipinski definition) is 8. The molecule has 13 heteroatoms. The van der Waals surface area contributed by atoms with Crippen molar-refractivity contribution < 1.29 is 14.6 Å². The summed E-state index contributed by atoms with van der Waals surface area (Å²) in [5.74, 6) is 1.68. The summed E-state index contributed by atoms with van der Waals surface area (Å²) in [6.45, 7) is 11.1. The number of hydrogen-bond donors (Lipinski definition) is 3. The molecular formula is C65H58I2N8O3. The predicted octanol–water partition coefficient (Wildman–Crippen LogP) is 15.5. The highest BCUT2D eigenvalue weighted by atomic mass is 127. The van der Waals surface area contributed by atoms with Crippen molar-refractivity contribution in [1.29, 1.82) is 0 Å². The third-order valence-electron chi connectivity index (χ3n) is 13.5. The maximum Gasteiger partial charge on any atom is 0.182 e. The molecule has 3 aromatic heterocycles. The van der Waals surface area contributed by atoms with Gasteiger partial charge in [0.2, 0.25) is 0 Å². The number of rotatable bonds is 17. The number of aromatic amines is 2. The van der Waals surface area contributed by atoms with Gasteiger partial charge >= 0.3 is 0 Å². The van der Waals surface area contributed by atoms with Gasteiger partial charge in [-0.15, -0.1) is 5.10 Å². The second-order valence-electron chi connectivity index (χ2n) is 19.5. The van der Waals surface area contributed by atoms with Crippen LogP contribution in [0.1, 0.15) is 81.3 Å². The van der Waals surface area contributed by atoms with Crippen LogP contribution in [0.25, 0.3) is 35.5 Å². The van der Waals surface area contributed by atoms with Crippen LogP contribution in [0.2, 0.25) is 0 Å². The Hall–Kier alpha value is -8.02. The molecule has 0 saturated carbocycles. The zero-order valence-electron chi connectivity index (χ0n) is 44.4. The first-order valence-electron chi connectivity index (χ1n) is 25.5. The van der Waals surface area contributed by atoms with Crippen molar-refractivity contribution in [1.82, 2.24) is 25.0 Å². The Balaban J connectivity index is 0.776. The number of aromatic hydroxyl groups is 1. The number of ether oxygens (including phenoxy) is 2. The van der Waals surface area contributed by atoms with Gasteiger partial charge in [-0.05, 0) is 209 Å². The fourth-order valence-corrected chi connectivity index (χ4v) is 10.4. The van der Waals surface area contributed by atoms with Gasteiger partial charge in [0.05, 0.1) is 46.1 Å². The van der Waals surface area contributed by atoms with Crippen LogP contribution in [-0.4, -0.2) is 55.6 Å². The SMILES string of the molecule is CC1=CC(/C=C/c2ccc(N(C)C)cc2)=NC/1=C(\c1ccc(OCc2cn(COc3ccc(/C=C/C4=NC(=C(/c5ccccc5)c5[nH]c(/C=C/c6ccc(O)cc6)c(I)c5C)/C(C)=C4I)cc3)nn2)cc1)c1[nH]c(C)cc1C. The Labute approximate surface area is 482 Å². The maximum absolute atomic E-state index is 9.76. The molecule has 0 atom stereocenters. The van der Waals surface area contributed by atoms with E-state index in [0.29, 0.717) is 11.4 Å². The number of aryl methyl sites for hydroxylation is 2. The average molecular weight is 1250 g/mol. The van der Waals surface area contributed by atoms with Crippen LogP contribution in [0, 0.1) is 24.3 Å². The number of halogens is 2. The van der Waals surface area contributed by atoms with E-state index in [4.69, 9.17) is 19.5 Å². The number of benzene rings is 5. The van der Waals surface area contributed by atoms with Gasteiger partial charge in [-0.1, -0.05) is 102 Å². The molecule has 3 N–H and O–H groups in total. The Morgan fingerprint density at radius 1 is 0.654 bits per heavy atom. The third-order valence-corrected chi connectivity index (χ3v) is 16.2. The number of aliphatic imine (C=N–C) groups is 2. The summed E-state index contributed by atoms with van der Waals surface area (Å²) in [7, 11) is 4.09. The molecule has 78 heavy (non-hydrogen) atoms. The van der Waals surface area contributed by atoms with Crippen LogP contribution in [-0.2, 0) is 13.3 Å². The summed E-state index contributed by atoms with van der Waals surface area (Å²) in [5, 5.41) is 18.4. The number of phenols is 1. The number of anilines is 1. The molecule has 0 aliphatic carbocycles. The monoisotopic (exact) mass is 1250 g/mol. The lowest BCUT2D eigenvalue weighted by molar-refractivity contribution is 0.218. The third kappa shape index (κ3) is 12.2. The molecular weight excluding hydrogens is 1190 g/mol. The Morgan fingerprint density at radius 3 is 1.95 bits per heavy atom. The smallest absolute Gasteiger partial charge is 0.182 e. The highest BCUT2D eigenvalue weighted by Gasteiger charge is 2.26. The lowest BCUT2D eigenvalue weighted by Crippen LogP contribution is -2.07. The number of allylic oxidation sites excluding steroid dienone is 6. The van der Waals surface area contributed by atoms with Crippen LogP contribution in [0.4, 0.5) is 5.69 Å². The van der Waals surface area contributed by atoms with E-state index in [-0.39, 0.29) is 19.1 Å². The van der Waals surface area contributed by atoms with E-state index in [1.54, 1.807) is 16.8 Å². The normalized spacial score (nSPS) is 15.0. The Kier molecular flexibility index (Phi) is 16.2. The van der Waals surface area contributed by atoms with E-state index in [9.17, 15) is 5.11 Å². The summed E-state index contributed by atoms with van der Waals surface area (Å²) in [5.41, 5.74) is 21.6. The zero-order chi connectivity index (χ0) is 54.5. The van der Waals surface area contributed by atoms with Gasteiger partial charge in [-0.25, -0.2) is 14.7 Å². The van der Waals surface area contributed by atoms with E-state index in [1.165, 1.54) is 0 Å². The lowest BCUT2D eigenvalue weighted by Gasteiger charge is -2.13. The first-order chi connectivity index (χ1) is 37.7. The topological polar surface area (TPSA) is 129 Å². The van der Waals surface area contributed by atoms with Crippen LogP contribution >= 0.6 is 45.2 Å². The molecule has 0 amide bonds. The van der Waals surface area contributed by atoms with Gasteiger partial charge in [-0.3, -0.25) is 0 Å². The molecule has 2 aliphatic heterocycles. The maximum atomic E-state index is 9.76. The highest BCUT2D eigenvalue weighted by Crippen LogP contribution is 2.41. The fourth-order valence-electron chi connectivity index (χ4n) is 9.30. The highest BCUT2D eigenvalue weighted by molar-refractivity contribution is 14.1. The van der Waals surface area contributed by atoms with Crippen molar-refractivity contribution in [3.05, 3.63) is 255 Å². The summed E-state index contributed by atoms with van der Waals surface area (Å²) in [6.07, 6.45) is 16.5. The number of nitrogens with one attached hydrogen (secondary N) is 2. The summed E-state index contributed by atoms with van der Waals surface area (Å²) >= 11 is 4.83. The molecule has 0 saturated heterocycles. The number of nitrogens with zero attached hydrogens (tertiary/aromatic N) is 6. The van der Waals surface area contributed by atoms with Crippen molar-refractivity contribution in [3.63, 3.8) is 0 Å². The van der Waals surface area contributed by atoms with Gasteiger partial charge in [0.25, 0.3) is 0 Å². The number of aromatic nitrogens is 5. The molecule has 0 unspecified atom stereocenters. The van der Waals surface area contributed by atoms with Gasteiger partial charge in [0.15, 0.2) is 6.73 Å². The van der Waals surface area contributed by atoms with Crippen molar-refractivity contribution in [2.75, 3.05) is 19.0 Å². The Morgan fingerprint density at radius 2 is 1.27 bits per heavy atom. The number of H-pyrrole nitrogens is 2. The molecule has 8 aromatic rings. The average Bonchev–Trinajstić information content (AvgIpc) is 4.32. The van der Waals surface area contributed by atoms with Crippen molar-refractivity contribution in [2.24, 2.45) is 9.98 Å². The second-order valence-corrected chi connectivity index (χ2v) is 21.6. The van der Waals surface area contributed by atoms with Gasteiger partial charge in [-0.2, -0.15) is 0 Å². The van der Waals surface area contributed by atoms with Crippen LogP contribution in [0.5, 0.6) is 17.2 Å². The van der Waals surface area contributed by atoms with Gasteiger partial charge in [0, 0.05) is 43.8 Å². The van der Waals surface area contributed by atoms with E-state index in [1.807, 2.05) is 81.0 Å². The largest absolute Gasteiger partial charge is 0.508 e. The van der Waals surface area contributed by atoms with Gasteiger partial charge in [0.1, 0.15) is 29.5 Å². The van der Waals surface area contributed by atoms with Gasteiger partial charge < -0.3 is 29.4 Å². The van der Waals surface area contributed by atoms with Crippen LogP contribution in [0.3, 0.4) is 0 Å². The molecule has 5 aromatic carbocycles. The fraction of sp³-hybridized carbons (Fsp3) is 0.138. The minimum absolute atomic E-state index is 0.192. The molecule has 390 valence electrons. The molecule has 5 heterocycles. The lowest BCUT2D eigenvalue weighted by atomic mass is 9.96. The molecule has 0 fully saturated rings. The van der Waals surface area contributed by atoms with Crippen molar-refractivity contribution >= 4 is 97.7 Å². The molecule has 0 spiro atoms. The van der Waals surface area contributed by atoms with Crippen LogP contribution in [0.15, 0.2) is 194 Å². The molecule has 0 radical (unpaired) electrons. The quantitative estimate of drug-likeness (QED) is 0.0779. The zero-order valence-corrected chi connectivity index (χ0v) is 48.8. The van der Waals surface area contributed by atoms with E-state index in [2.05, 4.69) is 208 Å². The molecule has 10 rings (SSSR count). The first kappa shape index (κ1) is 53.4. The molecule has 2 aliphatic rings. The second kappa shape index (κ2) is 23.7. The van der Waals surface area contributed by atoms with E-state index in [0.717, 1.165) is 125 Å². The minimum atomic E-state index is 0.192. The molecule has 0 bridgehead atoms. The summed E-state index contributed by atoms with van der Waals surface area (Å²) < 4.78 is 16.2. The first-order valence-corrected chi connectivity index (χ1v) is 27.7. The summed E-state index contributed by atoms with van der Waals surface area (Å²) in [4.78, 5) is 19.9. The predicted molar refractivity (Wildman–Crippen MR) is 336 cm³/mol. The minimum Gasteiger partial charge on any atom is -0.508 e. The van der Waals surface area contributed by atoms with E-state index < -0.39 is 0 Å². The summed E-state index contributed by atoms with van der Waals surface area (Å²) in [6, 6.07) is 44.4. The van der Waals surface area contributed by atoms with E-state index >= 15 is 0 Å². The van der Waals surface area contributed by atoms with Crippen molar-refractivity contribution in [3.8, 4) is 17.2 Å². The Bertz CT molecular complexity index is 3810. The standard InChI is InChI=1S/C65H58I2N8O3/c1-40-35-42(3)68-62(40)58(63-41(2)36-50(69-63)24-13-45-14-25-52(26-15-45)74(6)7)49-22-31-54(32-23-49)77-38-51-37-75(73-72-51)39-78-55-29-18-47(19-30-55)21-34-57-61(67)44(5)65(71-57)59(48-11-9-8-10-12-48)64-43(4)60(66)56(70-64)33-20-46-16-27-53(76)28-17-46/h8-37,68,70,76H,38-39H2,1-7H3/b24-13+,33-20+,34-21+,63-58+,65-59-. The van der Waals surface area contributed by atoms with Crippen LogP contribution < -0.4 is 14.4 Å². The number of phenolic OH excluding ortho intramolecular Hbond substituents is 1.